The van der Waals surface area contributed by atoms with E-state index in [0.29, 0.717) is 29.8 Å². The largest absolute Gasteiger partial charge is 0.300 e. The molecular weight excluding hydrogens is 631 g/mol. The van der Waals surface area contributed by atoms with Crippen LogP contribution in [0.2, 0.25) is 0 Å². The monoisotopic (exact) mass is 696 g/mol. The van der Waals surface area contributed by atoms with Crippen molar-refractivity contribution in [3.8, 4) is 0 Å². The first-order chi connectivity index (χ1) is 25.8. The van der Waals surface area contributed by atoms with E-state index < -0.39 is 0 Å². The number of hydrogen-bond acceptors (Lipinski definition) is 3. The molecule has 9 aliphatic rings. The SMILES string of the molecule is C1=CC(C2=CC(C3=CCC(CNC(NNC[C@@H]4CC=CCC4)C4CC=CCC4)CC3)=CC(C3CCC4=C5C(=CCCC53)C3C=CCCC43)C2)=CCC1. The van der Waals surface area contributed by atoms with Crippen molar-refractivity contribution in [3.05, 3.63) is 118 Å². The van der Waals surface area contributed by atoms with Crippen LogP contribution in [0.15, 0.2) is 118 Å². The molecule has 0 aromatic rings. The molecule has 8 unspecified atom stereocenters. The van der Waals surface area contributed by atoms with Gasteiger partial charge in [0.1, 0.15) is 0 Å². The third kappa shape index (κ3) is 7.49. The minimum absolute atomic E-state index is 0.333. The molecule has 0 radical (unpaired) electrons. The summed E-state index contributed by atoms with van der Waals surface area (Å²) >= 11 is 0. The van der Waals surface area contributed by atoms with Crippen LogP contribution in [-0.4, -0.2) is 19.3 Å². The van der Waals surface area contributed by atoms with Gasteiger partial charge in [0.15, 0.2) is 0 Å². The van der Waals surface area contributed by atoms with Gasteiger partial charge in [-0.25, -0.2) is 5.43 Å². The van der Waals surface area contributed by atoms with Gasteiger partial charge >= 0.3 is 0 Å². The van der Waals surface area contributed by atoms with Crippen LogP contribution in [0.5, 0.6) is 0 Å². The summed E-state index contributed by atoms with van der Waals surface area (Å²) in [6.45, 7) is 2.17. The number of allylic oxidation sites excluding steroid dienone is 20. The Morgan fingerprint density at radius 3 is 2.37 bits per heavy atom. The van der Waals surface area contributed by atoms with Crippen LogP contribution in [0.4, 0.5) is 0 Å². The van der Waals surface area contributed by atoms with Crippen molar-refractivity contribution in [3.63, 3.8) is 0 Å². The first-order valence-corrected chi connectivity index (χ1v) is 21.9. The predicted octanol–water partition coefficient (Wildman–Crippen LogP) is 11.2. The molecule has 52 heavy (non-hydrogen) atoms. The summed E-state index contributed by atoms with van der Waals surface area (Å²) < 4.78 is 0. The molecule has 0 saturated carbocycles. The molecule has 0 spiro atoms. The number of hydrazine groups is 1. The van der Waals surface area contributed by atoms with E-state index >= 15 is 0 Å². The van der Waals surface area contributed by atoms with Gasteiger partial charge in [0.25, 0.3) is 0 Å². The van der Waals surface area contributed by atoms with Crippen molar-refractivity contribution in [2.24, 2.45) is 47.3 Å². The zero-order chi connectivity index (χ0) is 34.7. The standard InChI is InChI=1S/C49H65N3/c1-4-13-34(14-5-1)33-51-52-49(38-17-8-3-9-18-38)50-32-35-23-25-37(26-24-35)40-29-39(36-15-6-2-7-16-36)30-41(31-40)42-27-28-47-44-20-11-10-19-43(44)46-22-12-21-45(42)48(46)47/h1,3-4,6,8,10,15-16,19,22,25,29,31,34-35,38,41-45,49-52H,2,5,7,9,11-14,17-18,20-21,23-24,26-28,30,32-33H2/t34-,35?,38?,41?,42?,43?,44?,45?,49?/m1/s1. The molecular formula is C49H65N3. The summed E-state index contributed by atoms with van der Waals surface area (Å²) in [6, 6.07) is 0. The normalized spacial score (nSPS) is 36.0. The molecule has 276 valence electrons. The Bertz CT molecular complexity index is 1640. The molecule has 0 aliphatic heterocycles. The van der Waals surface area contributed by atoms with E-state index in [2.05, 4.69) is 95.2 Å². The Hall–Kier alpha value is -2.72. The average molecular weight is 696 g/mol. The van der Waals surface area contributed by atoms with Crippen molar-refractivity contribution in [1.82, 2.24) is 16.2 Å². The van der Waals surface area contributed by atoms with E-state index in [4.69, 9.17) is 0 Å². The molecule has 0 heterocycles. The Morgan fingerprint density at radius 1 is 0.654 bits per heavy atom. The lowest BCUT2D eigenvalue weighted by molar-refractivity contribution is 0.230. The van der Waals surface area contributed by atoms with E-state index in [-0.39, 0.29) is 0 Å². The van der Waals surface area contributed by atoms with Crippen LogP contribution in [0.25, 0.3) is 0 Å². The number of hydrogen-bond donors (Lipinski definition) is 3. The summed E-state index contributed by atoms with van der Waals surface area (Å²) in [5.41, 5.74) is 19.3. The predicted molar refractivity (Wildman–Crippen MR) is 218 cm³/mol. The zero-order valence-corrected chi connectivity index (χ0v) is 31.8. The Kier molecular flexibility index (Phi) is 11.0. The average Bonchev–Trinajstić information content (AvgIpc) is 3.55. The van der Waals surface area contributed by atoms with Crippen molar-refractivity contribution in [1.29, 1.82) is 0 Å². The number of rotatable bonds is 11. The zero-order valence-electron chi connectivity index (χ0n) is 31.8. The molecule has 0 aromatic heterocycles. The van der Waals surface area contributed by atoms with E-state index in [1.54, 1.807) is 22.3 Å². The van der Waals surface area contributed by atoms with Crippen LogP contribution in [0.1, 0.15) is 116 Å². The van der Waals surface area contributed by atoms with Crippen molar-refractivity contribution >= 4 is 0 Å². The summed E-state index contributed by atoms with van der Waals surface area (Å²) in [4.78, 5) is 0. The van der Waals surface area contributed by atoms with Crippen LogP contribution < -0.4 is 16.2 Å². The highest BCUT2D eigenvalue weighted by molar-refractivity contribution is 5.55. The van der Waals surface area contributed by atoms with Crippen molar-refractivity contribution in [2.45, 2.75) is 122 Å². The maximum Gasteiger partial charge on any atom is 0.0735 e. The molecule has 3 nitrogen and oxygen atoms in total. The molecule has 9 aliphatic carbocycles. The second kappa shape index (κ2) is 16.3. The Morgan fingerprint density at radius 2 is 1.54 bits per heavy atom. The molecule has 3 N–H and O–H groups in total. The van der Waals surface area contributed by atoms with E-state index in [1.807, 2.05) is 11.1 Å². The maximum atomic E-state index is 4.04. The maximum absolute atomic E-state index is 4.04. The van der Waals surface area contributed by atoms with Crippen LogP contribution in [-0.2, 0) is 0 Å². The second-order valence-corrected chi connectivity index (χ2v) is 17.9. The van der Waals surface area contributed by atoms with Crippen molar-refractivity contribution in [2.75, 3.05) is 13.1 Å². The molecule has 0 aromatic carbocycles. The van der Waals surface area contributed by atoms with E-state index in [0.717, 1.165) is 36.8 Å². The van der Waals surface area contributed by atoms with Gasteiger partial charge in [-0.15, -0.1) is 0 Å². The quantitative estimate of drug-likeness (QED) is 0.114. The first kappa shape index (κ1) is 35.0. The van der Waals surface area contributed by atoms with Crippen molar-refractivity contribution < 1.29 is 0 Å². The topological polar surface area (TPSA) is 36.1 Å². The molecule has 9 atom stereocenters. The summed E-state index contributed by atoms with van der Waals surface area (Å²) in [7, 11) is 0. The highest BCUT2D eigenvalue weighted by Crippen LogP contribution is 2.59. The lowest BCUT2D eigenvalue weighted by Gasteiger charge is -2.42. The molecule has 0 saturated heterocycles. The fourth-order valence-corrected chi connectivity index (χ4v) is 12.0. The lowest BCUT2D eigenvalue weighted by atomic mass is 9.63. The van der Waals surface area contributed by atoms with E-state index in [9.17, 15) is 0 Å². The minimum Gasteiger partial charge on any atom is -0.300 e. The summed E-state index contributed by atoms with van der Waals surface area (Å²) in [6.07, 6.45) is 55.8. The Labute approximate surface area is 315 Å². The van der Waals surface area contributed by atoms with E-state index in [1.165, 1.54) is 121 Å². The van der Waals surface area contributed by atoms with Gasteiger partial charge in [-0.1, -0.05) is 84.6 Å². The smallest absolute Gasteiger partial charge is 0.0735 e. The van der Waals surface area contributed by atoms with Crippen LogP contribution in [0.3, 0.4) is 0 Å². The number of nitrogens with one attached hydrogen (secondary N) is 3. The third-order valence-electron chi connectivity index (χ3n) is 14.8. The molecule has 0 fully saturated rings. The van der Waals surface area contributed by atoms with Gasteiger partial charge in [-0.05, 0) is 197 Å². The van der Waals surface area contributed by atoms with Gasteiger partial charge in [0.05, 0.1) is 6.17 Å². The van der Waals surface area contributed by atoms with Crippen LogP contribution in [0, 0.1) is 47.3 Å². The Balaban J connectivity index is 0.890. The summed E-state index contributed by atoms with van der Waals surface area (Å²) in [5.74, 6) is 5.83. The van der Waals surface area contributed by atoms with Gasteiger partial charge in [-0.2, -0.15) is 0 Å². The van der Waals surface area contributed by atoms with Gasteiger partial charge < -0.3 is 5.32 Å². The van der Waals surface area contributed by atoms with Gasteiger partial charge in [-0.3, -0.25) is 5.43 Å². The van der Waals surface area contributed by atoms with Crippen LogP contribution >= 0.6 is 0 Å². The highest BCUT2D eigenvalue weighted by Gasteiger charge is 2.47. The molecule has 9 rings (SSSR count). The fourth-order valence-electron chi connectivity index (χ4n) is 12.0. The van der Waals surface area contributed by atoms with Gasteiger partial charge in [0, 0.05) is 12.5 Å². The minimum atomic E-state index is 0.333. The molecule has 3 heteroatoms. The highest BCUT2D eigenvalue weighted by atomic mass is 15.4. The number of fused-ring (bicyclic) bond motifs is 3. The first-order valence-electron chi connectivity index (χ1n) is 21.9. The van der Waals surface area contributed by atoms with Gasteiger partial charge in [0.2, 0.25) is 0 Å². The molecule has 0 bridgehead atoms. The summed E-state index contributed by atoms with van der Waals surface area (Å²) in [5, 5.41) is 4.04. The molecule has 0 amide bonds. The fraction of sp³-hybridized carbons (Fsp3) is 0.592. The third-order valence-corrected chi connectivity index (χ3v) is 14.8. The lowest BCUT2D eigenvalue weighted by Crippen LogP contribution is -2.55. The second-order valence-electron chi connectivity index (χ2n) is 17.9.